The van der Waals surface area contributed by atoms with Crippen LogP contribution in [0.4, 0.5) is 0 Å². The van der Waals surface area contributed by atoms with Crippen LogP contribution in [0.1, 0.15) is 0 Å². The maximum Gasteiger partial charge on any atom is 0.147 e. The first kappa shape index (κ1) is 7.24. The molecule has 0 saturated heterocycles. The van der Waals surface area contributed by atoms with E-state index in [1.54, 1.807) is 10.9 Å². The van der Waals surface area contributed by atoms with Gasteiger partial charge in [-0.25, -0.2) is 9.90 Å². The molecule has 60 valence electrons. The Kier molecular flexibility index (Phi) is 1.75. The Bertz CT molecular complexity index is 415. The molecular weight excluding hydrogens is 170 g/mol. The van der Waals surface area contributed by atoms with E-state index in [2.05, 4.69) is 10.3 Å². The fourth-order valence-electron chi connectivity index (χ4n) is 1.01. The van der Waals surface area contributed by atoms with Crippen molar-refractivity contribution in [2.75, 3.05) is 0 Å². The maximum absolute atomic E-state index is 5.04. The quantitative estimate of drug-likeness (QED) is 0.675. The second kappa shape index (κ2) is 2.91. The Hall–Kier alpha value is -1.42. The van der Waals surface area contributed by atoms with Crippen molar-refractivity contribution >= 4 is 12.2 Å². The van der Waals surface area contributed by atoms with Gasteiger partial charge < -0.3 is 0 Å². The summed E-state index contributed by atoms with van der Waals surface area (Å²) in [5.41, 5.74) is 1.00. The number of aromatic amines is 1. The Balaban J connectivity index is 2.59. The van der Waals surface area contributed by atoms with Gasteiger partial charge in [-0.15, -0.1) is 0 Å². The lowest BCUT2D eigenvalue weighted by Gasteiger charge is -1.98. The molecule has 0 aliphatic heterocycles. The summed E-state index contributed by atoms with van der Waals surface area (Å²) in [6, 6.07) is 9.81. The Labute approximate surface area is 74.6 Å². The number of hydrogen-bond acceptors (Lipinski definition) is 2. The highest BCUT2D eigenvalue weighted by Gasteiger charge is 1.94. The third-order valence-electron chi connectivity index (χ3n) is 1.57. The summed E-state index contributed by atoms with van der Waals surface area (Å²) in [6.45, 7) is 0. The fraction of sp³-hybridized carbons (Fsp3) is 0. The number of aromatic nitrogens is 3. The van der Waals surface area contributed by atoms with Gasteiger partial charge in [0.25, 0.3) is 0 Å². The summed E-state index contributed by atoms with van der Waals surface area (Å²) in [5.74, 6) is 0. The summed E-state index contributed by atoms with van der Waals surface area (Å²) in [5, 5.41) is 6.62. The van der Waals surface area contributed by atoms with Crippen LogP contribution < -0.4 is 0 Å². The molecule has 1 aromatic carbocycles. The number of hydrogen-bond donors (Lipinski definition) is 1. The van der Waals surface area contributed by atoms with Crippen molar-refractivity contribution in [1.29, 1.82) is 0 Å². The smallest absolute Gasteiger partial charge is 0.147 e. The van der Waals surface area contributed by atoms with Crippen LogP contribution in [-0.2, 0) is 0 Å². The number of benzene rings is 1. The summed E-state index contributed by atoms with van der Waals surface area (Å²) in [4.78, 5) is 0. The van der Waals surface area contributed by atoms with E-state index < -0.39 is 0 Å². The fourth-order valence-corrected chi connectivity index (χ4v) is 1.21. The van der Waals surface area contributed by atoms with Gasteiger partial charge in [-0.1, -0.05) is 30.4 Å². The van der Waals surface area contributed by atoms with Gasteiger partial charge in [-0.2, -0.15) is 5.10 Å². The van der Waals surface area contributed by atoms with Crippen LogP contribution in [0.3, 0.4) is 0 Å². The van der Waals surface area contributed by atoms with Crippen molar-refractivity contribution in [3.05, 3.63) is 41.2 Å². The zero-order chi connectivity index (χ0) is 8.39. The number of rotatable bonds is 1. The molecular formula is C8H7N3S. The normalized spacial score (nSPS) is 10.0. The lowest BCUT2D eigenvalue weighted by atomic mass is 10.3. The minimum atomic E-state index is 0.682. The summed E-state index contributed by atoms with van der Waals surface area (Å²) < 4.78 is 2.43. The average Bonchev–Trinajstić information content (AvgIpc) is 2.53. The molecule has 12 heavy (non-hydrogen) atoms. The van der Waals surface area contributed by atoms with Crippen molar-refractivity contribution in [2.24, 2.45) is 0 Å². The number of H-pyrrole nitrogens is 1. The van der Waals surface area contributed by atoms with Gasteiger partial charge in [0.1, 0.15) is 4.64 Å². The summed E-state index contributed by atoms with van der Waals surface area (Å²) in [6.07, 6.45) is 1.61. The van der Waals surface area contributed by atoms with Crippen LogP contribution in [0.15, 0.2) is 36.5 Å². The van der Waals surface area contributed by atoms with E-state index in [0.717, 1.165) is 5.69 Å². The second-order valence-corrected chi connectivity index (χ2v) is 2.79. The van der Waals surface area contributed by atoms with E-state index >= 15 is 0 Å². The lowest BCUT2D eigenvalue weighted by Crippen LogP contribution is -1.95. The predicted octanol–water partition coefficient (Wildman–Crippen LogP) is 1.93. The van der Waals surface area contributed by atoms with Crippen molar-refractivity contribution in [3.8, 4) is 5.69 Å². The zero-order valence-corrected chi connectivity index (χ0v) is 7.08. The van der Waals surface area contributed by atoms with Gasteiger partial charge in [0.2, 0.25) is 0 Å². The molecule has 2 rings (SSSR count). The van der Waals surface area contributed by atoms with Crippen LogP contribution in [0, 0.1) is 4.64 Å². The molecule has 0 radical (unpaired) electrons. The largest absolute Gasteiger partial charge is 0.228 e. The molecule has 1 aromatic heterocycles. The van der Waals surface area contributed by atoms with Crippen LogP contribution in [0.2, 0.25) is 0 Å². The molecule has 0 saturated carbocycles. The predicted molar refractivity (Wildman–Crippen MR) is 48.7 cm³/mol. The van der Waals surface area contributed by atoms with Gasteiger partial charge >= 0.3 is 0 Å². The Morgan fingerprint density at radius 1 is 1.25 bits per heavy atom. The highest BCUT2D eigenvalue weighted by molar-refractivity contribution is 7.71. The van der Waals surface area contributed by atoms with Crippen molar-refractivity contribution in [1.82, 2.24) is 15.0 Å². The molecule has 0 bridgehead atoms. The molecule has 1 heterocycles. The minimum Gasteiger partial charge on any atom is -0.228 e. The van der Waals surface area contributed by atoms with E-state index in [4.69, 9.17) is 12.2 Å². The lowest BCUT2D eigenvalue weighted by molar-refractivity contribution is 0.797. The molecule has 0 spiro atoms. The Morgan fingerprint density at radius 2 is 2.00 bits per heavy atom. The van der Waals surface area contributed by atoms with Crippen molar-refractivity contribution in [3.63, 3.8) is 0 Å². The Morgan fingerprint density at radius 3 is 2.58 bits per heavy atom. The molecule has 0 amide bonds. The van der Waals surface area contributed by atoms with Gasteiger partial charge in [-0.05, 0) is 12.1 Å². The van der Waals surface area contributed by atoms with Crippen molar-refractivity contribution in [2.45, 2.75) is 0 Å². The van der Waals surface area contributed by atoms with Crippen molar-refractivity contribution < 1.29 is 0 Å². The van der Waals surface area contributed by atoms with Crippen LogP contribution in [-0.4, -0.2) is 15.0 Å². The standard InChI is InChI=1S/C8H7N3S/c12-8-6-9-10-11(8)7-4-2-1-3-5-7/h1-6,10H. The van der Waals surface area contributed by atoms with Gasteiger partial charge in [0.05, 0.1) is 11.9 Å². The number of para-hydroxylation sites is 1. The monoisotopic (exact) mass is 177 g/mol. The topological polar surface area (TPSA) is 33.6 Å². The van der Waals surface area contributed by atoms with Gasteiger partial charge in [0, 0.05) is 0 Å². The van der Waals surface area contributed by atoms with E-state index in [1.165, 1.54) is 0 Å². The molecule has 4 heteroatoms. The number of nitrogens with one attached hydrogen (secondary N) is 1. The third kappa shape index (κ3) is 1.16. The molecule has 0 unspecified atom stereocenters. The third-order valence-corrected chi connectivity index (χ3v) is 1.86. The average molecular weight is 177 g/mol. The van der Waals surface area contributed by atoms with E-state index in [0.29, 0.717) is 4.64 Å². The second-order valence-electron chi connectivity index (χ2n) is 2.37. The highest BCUT2D eigenvalue weighted by atomic mass is 32.1. The molecule has 0 aliphatic carbocycles. The minimum absolute atomic E-state index is 0.682. The molecule has 3 nitrogen and oxygen atoms in total. The molecule has 2 aromatic rings. The van der Waals surface area contributed by atoms with E-state index in [-0.39, 0.29) is 0 Å². The van der Waals surface area contributed by atoms with E-state index in [9.17, 15) is 0 Å². The molecule has 0 fully saturated rings. The SMILES string of the molecule is S=c1cn[nH]n1-c1ccccc1. The number of nitrogens with zero attached hydrogens (tertiary/aromatic N) is 2. The maximum atomic E-state index is 5.04. The molecule has 1 N–H and O–H groups in total. The van der Waals surface area contributed by atoms with Gasteiger partial charge in [-0.3, -0.25) is 0 Å². The first-order chi connectivity index (χ1) is 5.88. The molecule has 0 atom stereocenters. The first-order valence-corrected chi connectivity index (χ1v) is 3.96. The van der Waals surface area contributed by atoms with Crippen LogP contribution in [0.25, 0.3) is 5.69 Å². The van der Waals surface area contributed by atoms with Gasteiger partial charge in [0.15, 0.2) is 0 Å². The summed E-state index contributed by atoms with van der Waals surface area (Å²) in [7, 11) is 0. The zero-order valence-electron chi connectivity index (χ0n) is 6.27. The van der Waals surface area contributed by atoms with Crippen LogP contribution >= 0.6 is 12.2 Å². The summed E-state index contributed by atoms with van der Waals surface area (Å²) >= 11 is 5.04. The van der Waals surface area contributed by atoms with Crippen LogP contribution in [0.5, 0.6) is 0 Å². The molecule has 0 aliphatic rings. The van der Waals surface area contributed by atoms with E-state index in [1.807, 2.05) is 30.3 Å². The first-order valence-electron chi connectivity index (χ1n) is 3.56. The highest BCUT2D eigenvalue weighted by Crippen LogP contribution is 2.04.